The van der Waals surface area contributed by atoms with Crippen LogP contribution in [0.1, 0.15) is 22.3 Å². The third-order valence-electron chi connectivity index (χ3n) is 5.65. The van der Waals surface area contributed by atoms with Crippen LogP contribution in [0.15, 0.2) is 77.7 Å². The SMILES string of the molecule is N#Cc1ccc(N2CCCN(C(=O)c3ccc(NS(=O)(=O)c4ccc(F)cc4)cc3)CC2)cc1. The first kappa shape index (κ1) is 23.3. The van der Waals surface area contributed by atoms with E-state index in [0.717, 1.165) is 30.8 Å². The Morgan fingerprint density at radius 1 is 0.882 bits per heavy atom. The third kappa shape index (κ3) is 5.35. The number of benzene rings is 3. The molecule has 3 aromatic carbocycles. The molecule has 3 aromatic rings. The van der Waals surface area contributed by atoms with E-state index in [1.165, 1.54) is 24.3 Å². The molecule has 0 aliphatic carbocycles. The summed E-state index contributed by atoms with van der Waals surface area (Å²) in [5, 5.41) is 8.97. The Hall–Kier alpha value is -3.90. The summed E-state index contributed by atoms with van der Waals surface area (Å²) in [5.41, 5.74) is 2.41. The van der Waals surface area contributed by atoms with Gasteiger partial charge in [0.15, 0.2) is 0 Å². The van der Waals surface area contributed by atoms with E-state index < -0.39 is 15.8 Å². The van der Waals surface area contributed by atoms with Gasteiger partial charge in [-0.05, 0) is 79.2 Å². The van der Waals surface area contributed by atoms with Gasteiger partial charge in [0.2, 0.25) is 0 Å². The average Bonchev–Trinajstić information content (AvgIpc) is 3.11. The molecule has 174 valence electrons. The number of rotatable bonds is 5. The molecule has 7 nitrogen and oxygen atoms in total. The second kappa shape index (κ2) is 9.93. The molecular formula is C25H23FN4O3S. The molecule has 4 rings (SSSR count). The van der Waals surface area contributed by atoms with Crippen molar-refractivity contribution in [1.82, 2.24) is 4.90 Å². The van der Waals surface area contributed by atoms with Gasteiger partial charge in [-0.3, -0.25) is 9.52 Å². The lowest BCUT2D eigenvalue weighted by molar-refractivity contribution is 0.0767. The third-order valence-corrected chi connectivity index (χ3v) is 7.05. The fraction of sp³-hybridized carbons (Fsp3) is 0.200. The highest BCUT2D eigenvalue weighted by Crippen LogP contribution is 2.20. The molecule has 1 amide bonds. The van der Waals surface area contributed by atoms with Gasteiger partial charge in [0.25, 0.3) is 15.9 Å². The van der Waals surface area contributed by atoms with Crippen LogP contribution in [0.25, 0.3) is 0 Å². The minimum Gasteiger partial charge on any atom is -0.370 e. The van der Waals surface area contributed by atoms with Crippen LogP contribution < -0.4 is 9.62 Å². The van der Waals surface area contributed by atoms with E-state index in [1.807, 2.05) is 12.1 Å². The number of nitrogens with zero attached hydrogens (tertiary/aromatic N) is 3. The van der Waals surface area contributed by atoms with Gasteiger partial charge in [-0.15, -0.1) is 0 Å². The molecule has 0 bridgehead atoms. The number of nitriles is 1. The maximum absolute atomic E-state index is 13.1. The van der Waals surface area contributed by atoms with Gasteiger partial charge >= 0.3 is 0 Å². The number of hydrogen-bond donors (Lipinski definition) is 1. The lowest BCUT2D eigenvalue weighted by Crippen LogP contribution is -2.35. The largest absolute Gasteiger partial charge is 0.370 e. The quantitative estimate of drug-likeness (QED) is 0.601. The van der Waals surface area contributed by atoms with Crippen LogP contribution >= 0.6 is 0 Å². The number of amides is 1. The zero-order valence-corrected chi connectivity index (χ0v) is 19.1. The van der Waals surface area contributed by atoms with E-state index >= 15 is 0 Å². The minimum absolute atomic E-state index is 0.0505. The highest BCUT2D eigenvalue weighted by Gasteiger charge is 2.21. The lowest BCUT2D eigenvalue weighted by atomic mass is 10.2. The summed E-state index contributed by atoms with van der Waals surface area (Å²) in [6.45, 7) is 2.65. The van der Waals surface area contributed by atoms with Crippen LogP contribution in [0.3, 0.4) is 0 Å². The van der Waals surface area contributed by atoms with E-state index in [1.54, 1.807) is 29.2 Å². The summed E-state index contributed by atoms with van der Waals surface area (Å²) in [6, 6.07) is 20.3. The summed E-state index contributed by atoms with van der Waals surface area (Å²) in [7, 11) is -3.86. The second-order valence-corrected chi connectivity index (χ2v) is 9.61. The summed E-state index contributed by atoms with van der Waals surface area (Å²) in [4.78, 5) is 17.0. The summed E-state index contributed by atoms with van der Waals surface area (Å²) >= 11 is 0. The molecule has 0 radical (unpaired) electrons. The fourth-order valence-electron chi connectivity index (χ4n) is 3.82. The van der Waals surface area contributed by atoms with Crippen molar-refractivity contribution in [3.63, 3.8) is 0 Å². The first-order chi connectivity index (χ1) is 16.4. The molecule has 9 heteroatoms. The fourth-order valence-corrected chi connectivity index (χ4v) is 4.88. The van der Waals surface area contributed by atoms with Crippen LogP contribution in [-0.2, 0) is 10.0 Å². The Morgan fingerprint density at radius 3 is 2.21 bits per heavy atom. The van der Waals surface area contributed by atoms with Gasteiger partial charge in [0, 0.05) is 43.1 Å². The van der Waals surface area contributed by atoms with Crippen LogP contribution in [0.5, 0.6) is 0 Å². The number of nitrogens with one attached hydrogen (secondary N) is 1. The molecule has 1 saturated heterocycles. The van der Waals surface area contributed by atoms with Crippen molar-refractivity contribution in [3.8, 4) is 6.07 Å². The van der Waals surface area contributed by atoms with Gasteiger partial charge in [0.05, 0.1) is 16.5 Å². The summed E-state index contributed by atoms with van der Waals surface area (Å²) < 4.78 is 40.5. The van der Waals surface area contributed by atoms with Gasteiger partial charge in [0.1, 0.15) is 5.82 Å². The monoisotopic (exact) mass is 478 g/mol. The lowest BCUT2D eigenvalue weighted by Gasteiger charge is -2.24. The van der Waals surface area contributed by atoms with E-state index in [-0.39, 0.29) is 10.8 Å². The van der Waals surface area contributed by atoms with Gasteiger partial charge in [-0.25, -0.2) is 12.8 Å². The van der Waals surface area contributed by atoms with E-state index in [4.69, 9.17) is 5.26 Å². The average molecular weight is 479 g/mol. The Kier molecular flexibility index (Phi) is 6.80. The smallest absolute Gasteiger partial charge is 0.261 e. The number of halogens is 1. The molecule has 1 heterocycles. The van der Waals surface area contributed by atoms with E-state index in [0.29, 0.717) is 36.4 Å². The van der Waals surface area contributed by atoms with Crippen molar-refractivity contribution in [2.75, 3.05) is 35.8 Å². The predicted molar refractivity (Wildman–Crippen MR) is 128 cm³/mol. The summed E-state index contributed by atoms with van der Waals surface area (Å²) in [6.07, 6.45) is 0.807. The predicted octanol–water partition coefficient (Wildman–Crippen LogP) is 3.85. The Balaban J connectivity index is 1.39. The molecule has 0 unspecified atom stereocenters. The number of hydrogen-bond acceptors (Lipinski definition) is 5. The zero-order chi connectivity index (χ0) is 24.1. The van der Waals surface area contributed by atoms with Crippen molar-refractivity contribution in [2.24, 2.45) is 0 Å². The Morgan fingerprint density at radius 2 is 1.56 bits per heavy atom. The highest BCUT2D eigenvalue weighted by molar-refractivity contribution is 7.92. The molecule has 1 aliphatic rings. The van der Waals surface area contributed by atoms with Gasteiger partial charge in [-0.2, -0.15) is 5.26 Å². The number of carbonyl (C=O) groups excluding carboxylic acids is 1. The molecule has 0 atom stereocenters. The maximum Gasteiger partial charge on any atom is 0.261 e. The van der Waals surface area contributed by atoms with Gasteiger partial charge in [-0.1, -0.05) is 0 Å². The number of anilines is 2. The standard InChI is InChI=1S/C25H23FN4O3S/c26-21-6-12-24(13-7-21)34(32,33)28-22-8-4-20(5-9-22)25(31)30-15-1-14-29(16-17-30)23-10-2-19(18-27)3-11-23/h2-13,28H,1,14-17H2. The minimum atomic E-state index is -3.86. The second-order valence-electron chi connectivity index (χ2n) is 7.93. The van der Waals surface area contributed by atoms with Crippen molar-refractivity contribution >= 4 is 27.3 Å². The molecule has 0 aromatic heterocycles. The van der Waals surface area contributed by atoms with Crippen LogP contribution in [0, 0.1) is 17.1 Å². The summed E-state index contributed by atoms with van der Waals surface area (Å²) in [5.74, 6) is -0.634. The van der Waals surface area contributed by atoms with Crippen molar-refractivity contribution in [1.29, 1.82) is 5.26 Å². The van der Waals surface area contributed by atoms with Crippen molar-refractivity contribution < 1.29 is 17.6 Å². The molecule has 1 aliphatic heterocycles. The van der Waals surface area contributed by atoms with E-state index in [9.17, 15) is 17.6 Å². The molecule has 0 saturated carbocycles. The Labute approximate surface area is 198 Å². The Bertz CT molecular complexity index is 1300. The first-order valence-corrected chi connectivity index (χ1v) is 12.3. The van der Waals surface area contributed by atoms with Crippen LogP contribution in [-0.4, -0.2) is 45.4 Å². The normalized spacial score (nSPS) is 14.2. The molecule has 34 heavy (non-hydrogen) atoms. The molecule has 1 fully saturated rings. The molecule has 0 spiro atoms. The number of sulfonamides is 1. The van der Waals surface area contributed by atoms with Gasteiger partial charge < -0.3 is 9.80 Å². The van der Waals surface area contributed by atoms with E-state index in [2.05, 4.69) is 15.7 Å². The first-order valence-electron chi connectivity index (χ1n) is 10.8. The molecule has 1 N–H and O–H groups in total. The highest BCUT2D eigenvalue weighted by atomic mass is 32.2. The maximum atomic E-state index is 13.1. The van der Waals surface area contributed by atoms with Crippen molar-refractivity contribution in [2.45, 2.75) is 11.3 Å². The van der Waals surface area contributed by atoms with Crippen LogP contribution in [0.2, 0.25) is 0 Å². The molecular weight excluding hydrogens is 455 g/mol. The topological polar surface area (TPSA) is 93.5 Å². The number of carbonyl (C=O) groups is 1. The van der Waals surface area contributed by atoms with Crippen LogP contribution in [0.4, 0.5) is 15.8 Å². The zero-order valence-electron chi connectivity index (χ0n) is 18.3. The van der Waals surface area contributed by atoms with Crippen molar-refractivity contribution in [3.05, 3.63) is 89.7 Å².